The van der Waals surface area contributed by atoms with Crippen LogP contribution < -0.4 is 5.73 Å². The zero-order valence-corrected chi connectivity index (χ0v) is 13.3. The van der Waals surface area contributed by atoms with Gasteiger partial charge >= 0.3 is 6.18 Å². The number of thiazole rings is 1. The Labute approximate surface area is 132 Å². The monoisotopic (exact) mass is 376 g/mol. The second kappa shape index (κ2) is 5.37. The van der Waals surface area contributed by atoms with Gasteiger partial charge in [-0.15, -0.1) is 11.3 Å². The van der Waals surface area contributed by atoms with E-state index in [-0.39, 0.29) is 11.6 Å². The lowest BCUT2D eigenvalue weighted by Crippen LogP contribution is -2.16. The molecule has 0 radical (unpaired) electrons. The van der Waals surface area contributed by atoms with Crippen LogP contribution in [0.2, 0.25) is 0 Å². The van der Waals surface area contributed by atoms with Crippen molar-refractivity contribution in [1.29, 1.82) is 0 Å². The van der Waals surface area contributed by atoms with Crippen LogP contribution >= 0.6 is 27.3 Å². The summed E-state index contributed by atoms with van der Waals surface area (Å²) in [7, 11) is 0. The maximum absolute atomic E-state index is 13.2. The van der Waals surface area contributed by atoms with Crippen molar-refractivity contribution in [3.63, 3.8) is 0 Å². The highest BCUT2D eigenvalue weighted by Gasteiger charge is 2.35. The molecule has 1 heterocycles. The number of halogens is 4. The van der Waals surface area contributed by atoms with Gasteiger partial charge in [-0.25, -0.2) is 4.98 Å². The summed E-state index contributed by atoms with van der Waals surface area (Å²) in [5.41, 5.74) is 6.21. The molecule has 1 aromatic carbocycles. The zero-order chi connectivity index (χ0) is 15.2. The number of hydrogen-bond donors (Lipinski definition) is 1. The summed E-state index contributed by atoms with van der Waals surface area (Å²) in [4.78, 5) is 5.40. The van der Waals surface area contributed by atoms with Crippen molar-refractivity contribution in [3.8, 4) is 10.6 Å². The number of hydrogen-bond acceptors (Lipinski definition) is 3. The van der Waals surface area contributed by atoms with Crippen LogP contribution in [0.3, 0.4) is 0 Å². The van der Waals surface area contributed by atoms with E-state index in [1.165, 1.54) is 17.4 Å². The second-order valence-corrected chi connectivity index (χ2v) is 7.01. The molecule has 1 unspecified atom stereocenters. The predicted molar refractivity (Wildman–Crippen MR) is 80.1 cm³/mol. The largest absolute Gasteiger partial charge is 0.417 e. The molecule has 1 atom stereocenters. The molecular weight excluding hydrogens is 365 g/mol. The van der Waals surface area contributed by atoms with Crippen molar-refractivity contribution in [2.45, 2.75) is 31.5 Å². The summed E-state index contributed by atoms with van der Waals surface area (Å²) in [6.07, 6.45) is -1.77. The summed E-state index contributed by atoms with van der Waals surface area (Å²) >= 11 is 4.41. The Bertz CT molecular complexity index is 681. The van der Waals surface area contributed by atoms with E-state index in [1.807, 2.05) is 0 Å². The highest BCUT2D eigenvalue weighted by molar-refractivity contribution is 9.10. The van der Waals surface area contributed by atoms with E-state index in [0.717, 1.165) is 35.9 Å². The molecule has 0 fully saturated rings. The van der Waals surface area contributed by atoms with Crippen molar-refractivity contribution < 1.29 is 13.2 Å². The number of nitrogens with two attached hydrogens (primary N) is 1. The van der Waals surface area contributed by atoms with Gasteiger partial charge in [0, 0.05) is 21.0 Å². The molecule has 112 valence electrons. The highest BCUT2D eigenvalue weighted by atomic mass is 79.9. The fourth-order valence-electron chi connectivity index (χ4n) is 2.50. The summed E-state index contributed by atoms with van der Waals surface area (Å²) < 4.78 is 40.0. The third kappa shape index (κ3) is 2.86. The molecule has 0 saturated carbocycles. The third-order valence-electron chi connectivity index (χ3n) is 3.52. The lowest BCUT2D eigenvalue weighted by atomic mass is 9.98. The van der Waals surface area contributed by atoms with Crippen LogP contribution in [0, 0.1) is 0 Å². The quantitative estimate of drug-likeness (QED) is 0.766. The normalized spacial score (nSPS) is 18.6. The standard InChI is InChI=1S/C14H12BrF3N2S/c15-7-4-5-8(9(6-7)14(16,17)18)13-20-12-10(19)2-1-3-11(12)21-13/h4-6,10H,1-3,19H2. The number of benzene rings is 1. The molecule has 2 aromatic rings. The van der Waals surface area contributed by atoms with Crippen LogP contribution in [0.15, 0.2) is 22.7 Å². The SMILES string of the molecule is NC1CCCc2sc(-c3ccc(Br)cc3C(F)(F)F)nc21. The topological polar surface area (TPSA) is 38.9 Å². The fraction of sp³-hybridized carbons (Fsp3) is 0.357. The summed E-state index contributed by atoms with van der Waals surface area (Å²) in [6.45, 7) is 0. The minimum atomic E-state index is -4.41. The van der Waals surface area contributed by atoms with E-state index in [4.69, 9.17) is 5.73 Å². The van der Waals surface area contributed by atoms with Gasteiger partial charge < -0.3 is 5.73 Å². The summed E-state index contributed by atoms with van der Waals surface area (Å²) in [6, 6.07) is 3.99. The smallest absolute Gasteiger partial charge is 0.323 e. The number of aromatic nitrogens is 1. The first-order valence-corrected chi connectivity index (χ1v) is 8.09. The Morgan fingerprint density at radius 3 is 2.76 bits per heavy atom. The van der Waals surface area contributed by atoms with E-state index in [9.17, 15) is 13.2 Å². The lowest BCUT2D eigenvalue weighted by Gasteiger charge is -2.15. The Morgan fingerprint density at radius 2 is 2.10 bits per heavy atom. The lowest BCUT2D eigenvalue weighted by molar-refractivity contribution is -0.137. The minimum Gasteiger partial charge on any atom is -0.323 e. The second-order valence-electron chi connectivity index (χ2n) is 5.01. The van der Waals surface area contributed by atoms with Gasteiger partial charge in [-0.2, -0.15) is 13.2 Å². The van der Waals surface area contributed by atoms with Crippen molar-refractivity contribution in [2.24, 2.45) is 5.73 Å². The van der Waals surface area contributed by atoms with Gasteiger partial charge in [-0.1, -0.05) is 22.0 Å². The van der Waals surface area contributed by atoms with Crippen LogP contribution in [-0.4, -0.2) is 4.98 Å². The average molecular weight is 377 g/mol. The molecule has 0 amide bonds. The molecule has 21 heavy (non-hydrogen) atoms. The molecule has 1 aliphatic rings. The van der Waals surface area contributed by atoms with Crippen molar-refractivity contribution >= 4 is 27.3 Å². The summed E-state index contributed by atoms with van der Waals surface area (Å²) in [5.74, 6) is 0. The van der Waals surface area contributed by atoms with Crippen LogP contribution in [-0.2, 0) is 12.6 Å². The molecule has 0 saturated heterocycles. The maximum atomic E-state index is 13.2. The average Bonchev–Trinajstić information content (AvgIpc) is 2.83. The van der Waals surface area contributed by atoms with Crippen molar-refractivity contribution in [2.75, 3.05) is 0 Å². The van der Waals surface area contributed by atoms with Crippen molar-refractivity contribution in [3.05, 3.63) is 38.8 Å². The van der Waals surface area contributed by atoms with Gasteiger partial charge in [0.05, 0.1) is 11.3 Å². The molecule has 0 bridgehead atoms. The van der Waals surface area contributed by atoms with Crippen molar-refractivity contribution in [1.82, 2.24) is 4.98 Å². The molecule has 1 aromatic heterocycles. The van der Waals surface area contributed by atoms with Gasteiger partial charge in [-0.05, 0) is 31.4 Å². The first-order chi connectivity index (χ1) is 9.86. The Hall–Kier alpha value is -0.920. The van der Waals surface area contributed by atoms with Crippen LogP contribution in [0.25, 0.3) is 10.6 Å². The summed E-state index contributed by atoms with van der Waals surface area (Å²) in [5, 5.41) is 0.400. The molecule has 2 N–H and O–H groups in total. The first-order valence-electron chi connectivity index (χ1n) is 6.48. The molecule has 2 nitrogen and oxygen atoms in total. The fourth-order valence-corrected chi connectivity index (χ4v) is 4.08. The minimum absolute atomic E-state index is 0.123. The number of aryl methyl sites for hydroxylation is 1. The molecule has 0 spiro atoms. The molecule has 1 aliphatic carbocycles. The molecule has 7 heteroatoms. The Balaban J connectivity index is 2.13. The van der Waals surface area contributed by atoms with Crippen LogP contribution in [0.4, 0.5) is 13.2 Å². The third-order valence-corrected chi connectivity index (χ3v) is 5.17. The van der Waals surface area contributed by atoms with Gasteiger partial charge in [0.2, 0.25) is 0 Å². The van der Waals surface area contributed by atoms with E-state index in [0.29, 0.717) is 9.48 Å². The van der Waals surface area contributed by atoms with Gasteiger partial charge in [0.25, 0.3) is 0 Å². The Morgan fingerprint density at radius 1 is 1.33 bits per heavy atom. The zero-order valence-electron chi connectivity index (χ0n) is 10.9. The first kappa shape index (κ1) is 15.0. The van der Waals surface area contributed by atoms with Gasteiger partial charge in [0.1, 0.15) is 5.01 Å². The van der Waals surface area contributed by atoms with Gasteiger partial charge in [-0.3, -0.25) is 0 Å². The van der Waals surface area contributed by atoms with Gasteiger partial charge in [0.15, 0.2) is 0 Å². The number of rotatable bonds is 1. The molecule has 0 aliphatic heterocycles. The van der Waals surface area contributed by atoms with E-state index in [1.54, 1.807) is 6.07 Å². The number of alkyl halides is 3. The van der Waals surface area contributed by atoms with E-state index >= 15 is 0 Å². The molecule has 3 rings (SSSR count). The predicted octanol–water partition coefficient (Wildman–Crippen LogP) is 4.93. The number of fused-ring (bicyclic) bond motifs is 1. The van der Waals surface area contributed by atoms with Crippen LogP contribution in [0.5, 0.6) is 0 Å². The molecular formula is C14H12BrF3N2S. The Kier molecular flexibility index (Phi) is 3.83. The van der Waals surface area contributed by atoms with E-state index < -0.39 is 11.7 Å². The van der Waals surface area contributed by atoms with Crippen LogP contribution in [0.1, 0.15) is 35.0 Å². The highest BCUT2D eigenvalue weighted by Crippen LogP contribution is 2.42. The maximum Gasteiger partial charge on any atom is 0.417 e. The number of nitrogens with zero attached hydrogens (tertiary/aromatic N) is 1. The van der Waals surface area contributed by atoms with E-state index in [2.05, 4.69) is 20.9 Å².